The Balaban J connectivity index is 1.69. The van der Waals surface area contributed by atoms with Crippen LogP contribution in [0.1, 0.15) is 35.3 Å². The number of hydrogen-bond donors (Lipinski definition) is 4. The SMILES string of the molecule is COc1ccc(Cc2ccc([C@@H](O)CN[C@H](C)Cc3ccccc3)cc2NC(=O)CO)cc1. The molecule has 6 heteroatoms. The van der Waals surface area contributed by atoms with Crippen molar-refractivity contribution in [1.29, 1.82) is 0 Å². The van der Waals surface area contributed by atoms with Crippen molar-refractivity contribution in [3.05, 3.63) is 95.1 Å². The molecule has 2 atom stereocenters. The summed E-state index contributed by atoms with van der Waals surface area (Å²) in [5.74, 6) is 0.284. The second-order valence-corrected chi connectivity index (χ2v) is 8.16. The molecule has 4 N–H and O–H groups in total. The molecular formula is C27H32N2O4. The van der Waals surface area contributed by atoms with Gasteiger partial charge in [0.2, 0.25) is 5.91 Å². The number of hydrogen-bond acceptors (Lipinski definition) is 5. The number of carbonyl (C=O) groups excluding carboxylic acids is 1. The van der Waals surface area contributed by atoms with Crippen molar-refractivity contribution in [2.75, 3.05) is 25.6 Å². The molecule has 0 fully saturated rings. The van der Waals surface area contributed by atoms with Gasteiger partial charge in [0.1, 0.15) is 12.4 Å². The van der Waals surface area contributed by atoms with E-state index < -0.39 is 18.6 Å². The Morgan fingerprint density at radius 1 is 1.00 bits per heavy atom. The number of carbonyl (C=O) groups is 1. The first-order valence-electron chi connectivity index (χ1n) is 11.1. The van der Waals surface area contributed by atoms with Crippen LogP contribution >= 0.6 is 0 Å². The fourth-order valence-electron chi connectivity index (χ4n) is 3.70. The van der Waals surface area contributed by atoms with Gasteiger partial charge in [0.05, 0.1) is 13.2 Å². The summed E-state index contributed by atoms with van der Waals surface area (Å²) in [5, 5.41) is 26.1. The number of anilines is 1. The highest BCUT2D eigenvalue weighted by Gasteiger charge is 2.14. The zero-order chi connectivity index (χ0) is 23.6. The average Bonchev–Trinajstić information content (AvgIpc) is 2.84. The Labute approximate surface area is 195 Å². The fraction of sp³-hybridized carbons (Fsp3) is 0.296. The molecule has 0 aromatic heterocycles. The molecule has 0 unspecified atom stereocenters. The third-order valence-corrected chi connectivity index (χ3v) is 5.53. The summed E-state index contributed by atoms with van der Waals surface area (Å²) in [7, 11) is 1.62. The third-order valence-electron chi connectivity index (χ3n) is 5.53. The Bertz CT molecular complexity index is 1020. The molecule has 3 rings (SSSR count). The minimum Gasteiger partial charge on any atom is -0.497 e. The molecule has 0 saturated heterocycles. The number of nitrogens with one attached hydrogen (secondary N) is 2. The molecule has 0 aliphatic carbocycles. The van der Waals surface area contributed by atoms with Crippen LogP contribution in [-0.4, -0.2) is 42.4 Å². The lowest BCUT2D eigenvalue weighted by atomic mass is 9.99. The van der Waals surface area contributed by atoms with Gasteiger partial charge in [-0.15, -0.1) is 0 Å². The highest BCUT2D eigenvalue weighted by Crippen LogP contribution is 2.25. The maximum Gasteiger partial charge on any atom is 0.250 e. The van der Waals surface area contributed by atoms with E-state index in [1.54, 1.807) is 13.2 Å². The van der Waals surface area contributed by atoms with Crippen LogP contribution in [0.4, 0.5) is 5.69 Å². The topological polar surface area (TPSA) is 90.8 Å². The van der Waals surface area contributed by atoms with Crippen molar-refractivity contribution in [1.82, 2.24) is 5.32 Å². The van der Waals surface area contributed by atoms with Crippen LogP contribution in [0.5, 0.6) is 5.75 Å². The molecule has 0 aliphatic rings. The zero-order valence-corrected chi connectivity index (χ0v) is 19.1. The van der Waals surface area contributed by atoms with E-state index in [0.29, 0.717) is 24.2 Å². The van der Waals surface area contributed by atoms with Crippen molar-refractivity contribution in [2.45, 2.75) is 31.9 Å². The molecule has 0 saturated carbocycles. The van der Waals surface area contributed by atoms with Gasteiger partial charge in [-0.3, -0.25) is 4.79 Å². The van der Waals surface area contributed by atoms with Gasteiger partial charge in [0, 0.05) is 18.3 Å². The van der Waals surface area contributed by atoms with Gasteiger partial charge in [-0.05, 0) is 60.2 Å². The van der Waals surface area contributed by atoms with Crippen molar-refractivity contribution >= 4 is 11.6 Å². The maximum atomic E-state index is 11.9. The third kappa shape index (κ3) is 7.43. The molecule has 0 radical (unpaired) electrons. The summed E-state index contributed by atoms with van der Waals surface area (Å²) < 4.78 is 5.21. The Hall–Kier alpha value is -3.19. The van der Waals surface area contributed by atoms with Crippen molar-refractivity contribution in [3.63, 3.8) is 0 Å². The molecule has 6 nitrogen and oxygen atoms in total. The van der Waals surface area contributed by atoms with Crippen LogP contribution in [-0.2, 0) is 17.6 Å². The summed E-state index contributed by atoms with van der Waals surface area (Å²) in [6, 6.07) is 23.7. The Kier molecular flexibility index (Phi) is 9.01. The standard InChI is InChI=1S/C27H32N2O4/c1-19(14-20-6-4-3-5-7-20)28-17-26(31)23-11-10-22(25(16-23)29-27(32)18-30)15-21-8-12-24(33-2)13-9-21/h3-13,16,19,26,28,30-31H,14-15,17-18H2,1-2H3,(H,29,32)/t19-,26+/m1/s1. The van der Waals surface area contributed by atoms with E-state index in [2.05, 4.69) is 29.7 Å². The molecule has 3 aromatic carbocycles. The minimum atomic E-state index is -0.733. The smallest absolute Gasteiger partial charge is 0.250 e. The van der Waals surface area contributed by atoms with Crippen LogP contribution in [0.2, 0.25) is 0 Å². The van der Waals surface area contributed by atoms with Gasteiger partial charge in [0.25, 0.3) is 0 Å². The van der Waals surface area contributed by atoms with Gasteiger partial charge < -0.3 is 25.6 Å². The predicted molar refractivity (Wildman–Crippen MR) is 131 cm³/mol. The highest BCUT2D eigenvalue weighted by molar-refractivity contribution is 5.92. The molecule has 0 aliphatic heterocycles. The monoisotopic (exact) mass is 448 g/mol. The van der Waals surface area contributed by atoms with E-state index >= 15 is 0 Å². The van der Waals surface area contributed by atoms with Crippen LogP contribution in [0.25, 0.3) is 0 Å². The zero-order valence-electron chi connectivity index (χ0n) is 19.1. The molecule has 0 spiro atoms. The first-order valence-corrected chi connectivity index (χ1v) is 11.1. The number of ether oxygens (including phenoxy) is 1. The average molecular weight is 449 g/mol. The Morgan fingerprint density at radius 2 is 1.73 bits per heavy atom. The first-order chi connectivity index (χ1) is 16.0. The van der Waals surface area contributed by atoms with Crippen molar-refractivity contribution in [3.8, 4) is 5.75 Å². The van der Waals surface area contributed by atoms with Crippen LogP contribution in [0.15, 0.2) is 72.8 Å². The first kappa shape index (κ1) is 24.5. The Morgan fingerprint density at radius 3 is 2.39 bits per heavy atom. The van der Waals surface area contributed by atoms with Crippen molar-refractivity contribution < 1.29 is 19.7 Å². The summed E-state index contributed by atoms with van der Waals surface area (Å²) in [4.78, 5) is 11.9. The molecule has 1 amide bonds. The molecule has 174 valence electrons. The van der Waals surface area contributed by atoms with Gasteiger partial charge in [-0.2, -0.15) is 0 Å². The summed E-state index contributed by atoms with van der Waals surface area (Å²) >= 11 is 0. The number of aliphatic hydroxyl groups excluding tert-OH is 2. The molecule has 33 heavy (non-hydrogen) atoms. The molecular weight excluding hydrogens is 416 g/mol. The van der Waals surface area contributed by atoms with E-state index in [-0.39, 0.29) is 6.04 Å². The molecule has 3 aromatic rings. The van der Waals surface area contributed by atoms with E-state index in [9.17, 15) is 15.0 Å². The fourth-order valence-corrected chi connectivity index (χ4v) is 3.70. The van der Waals surface area contributed by atoms with Crippen LogP contribution in [0, 0.1) is 0 Å². The second-order valence-electron chi connectivity index (χ2n) is 8.16. The van der Waals surface area contributed by atoms with Gasteiger partial charge >= 0.3 is 0 Å². The van der Waals surface area contributed by atoms with Gasteiger partial charge in [0.15, 0.2) is 0 Å². The predicted octanol–water partition coefficient (Wildman–Crippen LogP) is 3.47. The quantitative estimate of drug-likeness (QED) is 0.361. The van der Waals surface area contributed by atoms with E-state index in [4.69, 9.17) is 4.74 Å². The van der Waals surface area contributed by atoms with Crippen LogP contribution in [0.3, 0.4) is 0 Å². The van der Waals surface area contributed by atoms with Crippen molar-refractivity contribution in [2.24, 2.45) is 0 Å². The lowest BCUT2D eigenvalue weighted by molar-refractivity contribution is -0.118. The normalized spacial score (nSPS) is 12.7. The number of benzene rings is 3. The van der Waals surface area contributed by atoms with E-state index in [0.717, 1.165) is 23.3 Å². The molecule has 0 heterocycles. The highest BCUT2D eigenvalue weighted by atomic mass is 16.5. The summed E-state index contributed by atoms with van der Waals surface area (Å²) in [5.41, 5.74) is 4.46. The summed E-state index contributed by atoms with van der Waals surface area (Å²) in [6.45, 7) is 1.87. The number of amides is 1. The minimum absolute atomic E-state index is 0.199. The van der Waals surface area contributed by atoms with E-state index in [1.807, 2.05) is 54.6 Å². The second kappa shape index (κ2) is 12.2. The number of aliphatic hydroxyl groups is 2. The number of methoxy groups -OCH3 is 1. The van der Waals surface area contributed by atoms with Gasteiger partial charge in [-0.25, -0.2) is 0 Å². The van der Waals surface area contributed by atoms with Crippen LogP contribution < -0.4 is 15.4 Å². The molecule has 0 bridgehead atoms. The maximum absolute atomic E-state index is 11.9. The number of rotatable bonds is 11. The lowest BCUT2D eigenvalue weighted by Crippen LogP contribution is -2.32. The summed E-state index contributed by atoms with van der Waals surface area (Å²) in [6.07, 6.45) is 0.725. The largest absolute Gasteiger partial charge is 0.497 e. The lowest BCUT2D eigenvalue weighted by Gasteiger charge is -2.19. The van der Waals surface area contributed by atoms with Gasteiger partial charge in [-0.1, -0.05) is 54.6 Å². The van der Waals surface area contributed by atoms with E-state index in [1.165, 1.54) is 5.56 Å².